The highest BCUT2D eigenvalue weighted by Gasteiger charge is 2.23. The van der Waals surface area contributed by atoms with Crippen molar-refractivity contribution in [1.29, 1.82) is 0 Å². The largest absolute Gasteiger partial charge is 0.497 e. The summed E-state index contributed by atoms with van der Waals surface area (Å²) in [7, 11) is 1.69. The molecular weight excluding hydrogens is 164 g/mol. The minimum Gasteiger partial charge on any atom is -0.497 e. The van der Waals surface area contributed by atoms with Crippen LogP contribution in [0.15, 0.2) is 18.2 Å². The molecule has 0 amide bonds. The van der Waals surface area contributed by atoms with Gasteiger partial charge in [-0.1, -0.05) is 6.07 Å². The van der Waals surface area contributed by atoms with Gasteiger partial charge in [0, 0.05) is 6.42 Å². The van der Waals surface area contributed by atoms with Gasteiger partial charge < -0.3 is 9.47 Å². The molecule has 70 valence electrons. The van der Waals surface area contributed by atoms with Crippen molar-refractivity contribution in [3.05, 3.63) is 29.3 Å². The van der Waals surface area contributed by atoms with Gasteiger partial charge in [-0.2, -0.15) is 0 Å². The minimum absolute atomic E-state index is 0.465. The van der Waals surface area contributed by atoms with Crippen molar-refractivity contribution in [3.8, 4) is 5.75 Å². The quantitative estimate of drug-likeness (QED) is 0.660. The Morgan fingerprint density at radius 2 is 2.31 bits per heavy atom. The molecule has 1 fully saturated rings. The highest BCUT2D eigenvalue weighted by atomic mass is 16.6. The molecular formula is C11H14O2. The zero-order valence-electron chi connectivity index (χ0n) is 8.04. The monoisotopic (exact) mass is 178 g/mol. The van der Waals surface area contributed by atoms with Gasteiger partial charge in [0.25, 0.3) is 0 Å². The molecule has 1 saturated heterocycles. The Hall–Kier alpha value is -1.02. The van der Waals surface area contributed by atoms with Crippen molar-refractivity contribution in [3.63, 3.8) is 0 Å². The van der Waals surface area contributed by atoms with E-state index in [0.717, 1.165) is 18.8 Å². The number of methoxy groups -OCH3 is 1. The van der Waals surface area contributed by atoms with E-state index in [0.29, 0.717) is 6.10 Å². The Kier molecular flexibility index (Phi) is 2.23. The molecule has 2 heteroatoms. The normalized spacial score (nSPS) is 20.0. The molecule has 0 bridgehead atoms. The first-order valence-corrected chi connectivity index (χ1v) is 4.54. The van der Waals surface area contributed by atoms with Gasteiger partial charge in [-0.05, 0) is 30.2 Å². The Labute approximate surface area is 78.5 Å². The lowest BCUT2D eigenvalue weighted by Gasteiger charge is -2.06. The lowest BCUT2D eigenvalue weighted by Crippen LogP contribution is -1.96. The molecule has 2 nitrogen and oxygen atoms in total. The summed E-state index contributed by atoms with van der Waals surface area (Å²) in [5.41, 5.74) is 2.65. The topological polar surface area (TPSA) is 21.8 Å². The van der Waals surface area contributed by atoms with Crippen LogP contribution in [0.2, 0.25) is 0 Å². The second-order valence-corrected chi connectivity index (χ2v) is 3.45. The van der Waals surface area contributed by atoms with Gasteiger partial charge in [-0.15, -0.1) is 0 Å². The molecule has 1 aliphatic rings. The van der Waals surface area contributed by atoms with Crippen molar-refractivity contribution in [2.75, 3.05) is 13.7 Å². The zero-order valence-corrected chi connectivity index (χ0v) is 8.04. The number of hydrogen-bond acceptors (Lipinski definition) is 2. The summed E-state index contributed by atoms with van der Waals surface area (Å²) >= 11 is 0. The maximum Gasteiger partial charge on any atom is 0.119 e. The second kappa shape index (κ2) is 3.38. The molecule has 0 spiro atoms. The lowest BCUT2D eigenvalue weighted by atomic mass is 10.0. The second-order valence-electron chi connectivity index (χ2n) is 3.45. The van der Waals surface area contributed by atoms with Gasteiger partial charge >= 0.3 is 0 Å². The molecule has 1 aromatic carbocycles. The van der Waals surface area contributed by atoms with E-state index in [2.05, 4.69) is 19.1 Å². The number of epoxide rings is 1. The molecule has 1 aromatic rings. The van der Waals surface area contributed by atoms with Gasteiger partial charge in [-0.25, -0.2) is 0 Å². The Morgan fingerprint density at radius 1 is 1.54 bits per heavy atom. The maximum absolute atomic E-state index is 5.19. The van der Waals surface area contributed by atoms with Gasteiger partial charge in [0.1, 0.15) is 5.75 Å². The lowest BCUT2D eigenvalue weighted by molar-refractivity contribution is 0.405. The highest BCUT2D eigenvalue weighted by Crippen LogP contribution is 2.22. The van der Waals surface area contributed by atoms with E-state index in [-0.39, 0.29) is 0 Å². The molecule has 2 rings (SSSR count). The van der Waals surface area contributed by atoms with E-state index in [9.17, 15) is 0 Å². The number of benzene rings is 1. The van der Waals surface area contributed by atoms with Crippen LogP contribution in [0.5, 0.6) is 5.75 Å². The third-order valence-corrected chi connectivity index (χ3v) is 2.40. The van der Waals surface area contributed by atoms with E-state index in [4.69, 9.17) is 9.47 Å². The van der Waals surface area contributed by atoms with Gasteiger partial charge in [0.2, 0.25) is 0 Å². The highest BCUT2D eigenvalue weighted by molar-refractivity contribution is 5.35. The fraction of sp³-hybridized carbons (Fsp3) is 0.455. The van der Waals surface area contributed by atoms with Crippen LogP contribution < -0.4 is 4.74 Å². The third kappa shape index (κ3) is 2.01. The first-order valence-electron chi connectivity index (χ1n) is 4.54. The summed E-state index contributed by atoms with van der Waals surface area (Å²) in [6, 6.07) is 6.19. The molecule has 1 aliphatic heterocycles. The molecule has 13 heavy (non-hydrogen) atoms. The van der Waals surface area contributed by atoms with Crippen LogP contribution in [0, 0.1) is 6.92 Å². The van der Waals surface area contributed by atoms with Crippen LogP contribution >= 0.6 is 0 Å². The maximum atomic E-state index is 5.19. The van der Waals surface area contributed by atoms with Crippen LogP contribution in [0.1, 0.15) is 11.1 Å². The van der Waals surface area contributed by atoms with E-state index < -0.39 is 0 Å². The van der Waals surface area contributed by atoms with Gasteiger partial charge in [-0.3, -0.25) is 0 Å². The standard InChI is InChI=1S/C11H14O2/c1-8-5-10(12-2)4-3-9(8)6-11-7-13-11/h3-5,11H,6-7H2,1-2H3. The van der Waals surface area contributed by atoms with Crippen molar-refractivity contribution in [1.82, 2.24) is 0 Å². The SMILES string of the molecule is COc1ccc(CC2CO2)c(C)c1. The summed E-state index contributed by atoms with van der Waals surface area (Å²) in [4.78, 5) is 0. The number of aryl methyl sites for hydroxylation is 1. The van der Waals surface area contributed by atoms with Crippen LogP contribution in [0.4, 0.5) is 0 Å². The minimum atomic E-state index is 0.465. The Morgan fingerprint density at radius 3 is 2.85 bits per heavy atom. The van der Waals surface area contributed by atoms with Crippen LogP contribution in [-0.2, 0) is 11.2 Å². The van der Waals surface area contributed by atoms with Crippen LogP contribution in [0.3, 0.4) is 0 Å². The molecule has 0 N–H and O–H groups in total. The Balaban J connectivity index is 2.15. The van der Waals surface area contributed by atoms with Crippen molar-refractivity contribution >= 4 is 0 Å². The fourth-order valence-electron chi connectivity index (χ4n) is 1.46. The Bertz CT molecular complexity index is 303. The van der Waals surface area contributed by atoms with Crippen molar-refractivity contribution in [2.45, 2.75) is 19.4 Å². The van der Waals surface area contributed by atoms with E-state index in [1.54, 1.807) is 7.11 Å². The zero-order chi connectivity index (χ0) is 9.26. The number of hydrogen-bond donors (Lipinski definition) is 0. The summed E-state index contributed by atoms with van der Waals surface area (Å²) in [6.07, 6.45) is 1.50. The van der Waals surface area contributed by atoms with Gasteiger partial charge in [0.05, 0.1) is 19.8 Å². The summed E-state index contributed by atoms with van der Waals surface area (Å²) in [5, 5.41) is 0. The first-order chi connectivity index (χ1) is 6.29. The van der Waals surface area contributed by atoms with Crippen molar-refractivity contribution < 1.29 is 9.47 Å². The predicted octanol–water partition coefficient (Wildman–Crippen LogP) is 1.94. The van der Waals surface area contributed by atoms with Gasteiger partial charge in [0.15, 0.2) is 0 Å². The van der Waals surface area contributed by atoms with E-state index in [1.807, 2.05) is 6.07 Å². The molecule has 1 heterocycles. The summed E-state index contributed by atoms with van der Waals surface area (Å²) < 4.78 is 10.3. The molecule has 0 aliphatic carbocycles. The number of rotatable bonds is 3. The third-order valence-electron chi connectivity index (χ3n) is 2.40. The molecule has 0 radical (unpaired) electrons. The molecule has 0 saturated carbocycles. The van der Waals surface area contributed by atoms with Crippen LogP contribution in [0.25, 0.3) is 0 Å². The molecule has 1 unspecified atom stereocenters. The van der Waals surface area contributed by atoms with E-state index in [1.165, 1.54) is 11.1 Å². The average Bonchev–Trinajstić information content (AvgIpc) is 2.92. The number of ether oxygens (including phenoxy) is 2. The summed E-state index contributed by atoms with van der Waals surface area (Å²) in [6.45, 7) is 3.03. The van der Waals surface area contributed by atoms with Crippen LogP contribution in [-0.4, -0.2) is 19.8 Å². The smallest absolute Gasteiger partial charge is 0.119 e. The van der Waals surface area contributed by atoms with E-state index >= 15 is 0 Å². The molecule has 1 atom stereocenters. The fourth-order valence-corrected chi connectivity index (χ4v) is 1.46. The molecule has 0 aromatic heterocycles. The predicted molar refractivity (Wildman–Crippen MR) is 51.2 cm³/mol. The van der Waals surface area contributed by atoms with Crippen molar-refractivity contribution in [2.24, 2.45) is 0 Å². The summed E-state index contributed by atoms with van der Waals surface area (Å²) in [5.74, 6) is 0.929. The average molecular weight is 178 g/mol. The first kappa shape index (κ1) is 8.57.